The van der Waals surface area contributed by atoms with Crippen LogP contribution in [-0.4, -0.2) is 57.9 Å². The van der Waals surface area contributed by atoms with Crippen LogP contribution in [0.1, 0.15) is 43.4 Å². The van der Waals surface area contributed by atoms with E-state index in [-0.39, 0.29) is 23.5 Å². The highest BCUT2D eigenvalue weighted by atomic mass is 19.4. The van der Waals surface area contributed by atoms with Gasteiger partial charge in [0.25, 0.3) is 0 Å². The van der Waals surface area contributed by atoms with Gasteiger partial charge in [-0.1, -0.05) is 18.2 Å². The summed E-state index contributed by atoms with van der Waals surface area (Å²) in [5, 5.41) is 12.5. The SMILES string of the molecule is CCN(CC)C(=O)C1CCCN(Cc2cc(C)c3c(O)n(Cc4ccc(OC(F)(F)F)cc4)cc3c2)C1. The Morgan fingerprint density at radius 3 is 2.46 bits per heavy atom. The zero-order chi connectivity index (χ0) is 26.7. The van der Waals surface area contributed by atoms with Gasteiger partial charge in [0.2, 0.25) is 5.91 Å². The largest absolute Gasteiger partial charge is 0.573 e. The number of likely N-dealkylation sites (tertiary alicyclic amines) is 1. The van der Waals surface area contributed by atoms with Crippen molar-refractivity contribution < 1.29 is 27.8 Å². The minimum absolute atomic E-state index is 0.0246. The van der Waals surface area contributed by atoms with E-state index in [0.717, 1.165) is 73.0 Å². The van der Waals surface area contributed by atoms with Crippen LogP contribution in [0.4, 0.5) is 13.2 Å². The number of carbonyl (C=O) groups excluding carboxylic acids is 1. The number of amides is 1. The Hall–Kier alpha value is -3.20. The molecule has 37 heavy (non-hydrogen) atoms. The number of carbonyl (C=O) groups is 1. The molecular weight excluding hydrogens is 483 g/mol. The number of alkyl halides is 3. The van der Waals surface area contributed by atoms with Crippen molar-refractivity contribution in [1.29, 1.82) is 0 Å². The Morgan fingerprint density at radius 1 is 1.11 bits per heavy atom. The molecule has 0 bridgehead atoms. The molecule has 0 saturated carbocycles. The zero-order valence-corrected chi connectivity index (χ0v) is 21.5. The normalized spacial score (nSPS) is 16.8. The minimum atomic E-state index is -4.73. The summed E-state index contributed by atoms with van der Waals surface area (Å²) in [6.07, 6.45) is -0.958. The lowest BCUT2D eigenvalue weighted by Gasteiger charge is -2.34. The van der Waals surface area contributed by atoms with Crippen LogP contribution in [0.5, 0.6) is 11.6 Å². The summed E-state index contributed by atoms with van der Waals surface area (Å²) in [5.41, 5.74) is 2.80. The molecule has 1 aromatic heterocycles. The van der Waals surface area contributed by atoms with Crippen LogP contribution in [0.3, 0.4) is 0 Å². The highest BCUT2D eigenvalue weighted by molar-refractivity contribution is 5.91. The van der Waals surface area contributed by atoms with Crippen molar-refractivity contribution in [2.75, 3.05) is 26.2 Å². The van der Waals surface area contributed by atoms with Crippen LogP contribution < -0.4 is 4.74 Å². The lowest BCUT2D eigenvalue weighted by molar-refractivity contribution is -0.274. The number of rotatable bonds is 8. The van der Waals surface area contributed by atoms with E-state index >= 15 is 0 Å². The van der Waals surface area contributed by atoms with Crippen LogP contribution >= 0.6 is 0 Å². The molecule has 1 fully saturated rings. The van der Waals surface area contributed by atoms with Crippen LogP contribution in [0.15, 0.2) is 42.6 Å². The van der Waals surface area contributed by atoms with Gasteiger partial charge in [-0.3, -0.25) is 9.69 Å². The quantitative estimate of drug-likeness (QED) is 0.418. The third-order valence-electron chi connectivity index (χ3n) is 7.06. The molecule has 1 amide bonds. The maximum Gasteiger partial charge on any atom is 0.573 e. The van der Waals surface area contributed by atoms with Crippen molar-refractivity contribution in [2.24, 2.45) is 5.92 Å². The zero-order valence-electron chi connectivity index (χ0n) is 21.5. The van der Waals surface area contributed by atoms with Crippen molar-refractivity contribution in [3.8, 4) is 11.6 Å². The van der Waals surface area contributed by atoms with Crippen molar-refractivity contribution in [2.45, 2.75) is 53.1 Å². The first-order valence-electron chi connectivity index (χ1n) is 12.7. The molecule has 1 saturated heterocycles. The van der Waals surface area contributed by atoms with E-state index < -0.39 is 6.36 Å². The van der Waals surface area contributed by atoms with Gasteiger partial charge >= 0.3 is 6.36 Å². The van der Waals surface area contributed by atoms with Gasteiger partial charge in [-0.15, -0.1) is 13.2 Å². The van der Waals surface area contributed by atoms with E-state index in [1.165, 1.54) is 12.1 Å². The molecule has 2 heterocycles. The molecule has 1 N–H and O–H groups in total. The molecule has 1 aliphatic rings. The number of nitrogens with zero attached hydrogens (tertiary/aromatic N) is 3. The van der Waals surface area contributed by atoms with Gasteiger partial charge in [0.05, 0.1) is 12.5 Å². The molecule has 1 aliphatic heterocycles. The summed E-state index contributed by atoms with van der Waals surface area (Å²) < 4.78 is 42.9. The average Bonchev–Trinajstić information content (AvgIpc) is 3.15. The van der Waals surface area contributed by atoms with Gasteiger partial charge in [-0.25, -0.2) is 0 Å². The fraction of sp³-hybridized carbons (Fsp3) is 0.464. The molecule has 200 valence electrons. The maximum atomic E-state index is 12.9. The van der Waals surface area contributed by atoms with Crippen LogP contribution in [-0.2, 0) is 17.9 Å². The number of aryl methyl sites for hydroxylation is 1. The maximum absolute atomic E-state index is 12.9. The number of hydrogen-bond donors (Lipinski definition) is 1. The van der Waals surface area contributed by atoms with Crippen molar-refractivity contribution in [3.63, 3.8) is 0 Å². The Kier molecular flexibility index (Phi) is 8.02. The number of aromatic nitrogens is 1. The van der Waals surface area contributed by atoms with Gasteiger partial charge in [0, 0.05) is 43.1 Å². The van der Waals surface area contributed by atoms with E-state index in [9.17, 15) is 23.1 Å². The van der Waals surface area contributed by atoms with Crippen molar-refractivity contribution in [1.82, 2.24) is 14.4 Å². The molecule has 2 aromatic carbocycles. The number of ether oxygens (including phenoxy) is 1. The predicted octanol–water partition coefficient (Wildman–Crippen LogP) is 5.68. The molecule has 6 nitrogen and oxygen atoms in total. The standard InChI is InChI=1S/C28H34F3N3O3/c1-4-33(5-2)26(35)22-7-6-12-32(17-22)15-21-13-19(3)25-23(14-21)18-34(27(25)36)16-20-8-10-24(11-9-20)37-28(29,30)31/h8-11,13-14,18,22,36H,4-7,12,15-17H2,1-3H3. The van der Waals surface area contributed by atoms with Gasteiger partial charge < -0.3 is 19.3 Å². The molecule has 9 heteroatoms. The number of aromatic hydroxyl groups is 1. The fourth-order valence-corrected chi connectivity index (χ4v) is 5.33. The molecule has 0 aliphatic carbocycles. The number of benzene rings is 2. The molecule has 4 rings (SSSR count). The van der Waals surface area contributed by atoms with Crippen LogP contribution in [0.2, 0.25) is 0 Å². The first-order chi connectivity index (χ1) is 17.6. The second-order valence-corrected chi connectivity index (χ2v) is 9.73. The topological polar surface area (TPSA) is 57.9 Å². The summed E-state index contributed by atoms with van der Waals surface area (Å²) >= 11 is 0. The van der Waals surface area contributed by atoms with Crippen LogP contribution in [0, 0.1) is 12.8 Å². The average molecular weight is 518 g/mol. The number of halogens is 3. The molecule has 0 radical (unpaired) electrons. The van der Waals surface area contributed by atoms with Crippen LogP contribution in [0.25, 0.3) is 10.8 Å². The number of piperidine rings is 1. The lowest BCUT2D eigenvalue weighted by Crippen LogP contribution is -2.44. The summed E-state index contributed by atoms with van der Waals surface area (Å²) in [5.74, 6) is 0.104. The Morgan fingerprint density at radius 2 is 1.81 bits per heavy atom. The van der Waals surface area contributed by atoms with Gasteiger partial charge in [-0.2, -0.15) is 0 Å². The molecular formula is C28H34F3N3O3. The molecule has 1 unspecified atom stereocenters. The van der Waals surface area contributed by atoms with Crippen molar-refractivity contribution >= 4 is 16.7 Å². The molecule has 3 aromatic rings. The molecule has 1 atom stereocenters. The summed E-state index contributed by atoms with van der Waals surface area (Å²) in [7, 11) is 0. The van der Waals surface area contributed by atoms with E-state index in [1.807, 2.05) is 31.9 Å². The second-order valence-electron chi connectivity index (χ2n) is 9.73. The highest BCUT2D eigenvalue weighted by Gasteiger charge is 2.31. The first-order valence-corrected chi connectivity index (χ1v) is 12.7. The van der Waals surface area contributed by atoms with E-state index in [4.69, 9.17) is 0 Å². The lowest BCUT2D eigenvalue weighted by atomic mass is 9.95. The third-order valence-corrected chi connectivity index (χ3v) is 7.06. The van der Waals surface area contributed by atoms with Gasteiger partial charge in [0.1, 0.15) is 5.75 Å². The van der Waals surface area contributed by atoms with E-state index in [2.05, 4.69) is 21.8 Å². The summed E-state index contributed by atoms with van der Waals surface area (Å²) in [6.45, 7) is 10.2. The number of hydrogen-bond acceptors (Lipinski definition) is 4. The highest BCUT2D eigenvalue weighted by Crippen LogP contribution is 2.33. The van der Waals surface area contributed by atoms with Gasteiger partial charge in [0.15, 0.2) is 5.88 Å². The monoisotopic (exact) mass is 517 g/mol. The summed E-state index contributed by atoms with van der Waals surface area (Å²) in [6, 6.07) is 9.78. The fourth-order valence-electron chi connectivity index (χ4n) is 5.33. The Labute approximate surface area is 215 Å². The Bertz CT molecular complexity index is 1230. The third kappa shape index (κ3) is 6.39. The minimum Gasteiger partial charge on any atom is -0.494 e. The molecule has 0 spiro atoms. The van der Waals surface area contributed by atoms with Crippen molar-refractivity contribution in [3.05, 3.63) is 59.3 Å². The van der Waals surface area contributed by atoms with E-state index in [0.29, 0.717) is 6.54 Å². The first kappa shape index (κ1) is 26.9. The smallest absolute Gasteiger partial charge is 0.494 e. The van der Waals surface area contributed by atoms with Gasteiger partial charge in [-0.05, 0) is 75.0 Å². The Balaban J connectivity index is 1.48. The van der Waals surface area contributed by atoms with E-state index in [1.54, 1.807) is 16.7 Å². The summed E-state index contributed by atoms with van der Waals surface area (Å²) in [4.78, 5) is 17.1. The predicted molar refractivity (Wildman–Crippen MR) is 136 cm³/mol. The number of fused-ring (bicyclic) bond motifs is 1. The second kappa shape index (κ2) is 11.0.